The lowest BCUT2D eigenvalue weighted by atomic mass is 10.2. The molecule has 1 unspecified atom stereocenters. The molecule has 7 heteroatoms. The van der Waals surface area contributed by atoms with Gasteiger partial charge in [0.2, 0.25) is 10.0 Å². The van der Waals surface area contributed by atoms with Gasteiger partial charge in [-0.15, -0.1) is 0 Å². The molecule has 0 radical (unpaired) electrons. The number of sulfonamides is 1. The Hall–Kier alpha value is -0.820. The molecule has 19 heavy (non-hydrogen) atoms. The summed E-state index contributed by atoms with van der Waals surface area (Å²) in [6.45, 7) is 2.77. The van der Waals surface area contributed by atoms with Gasteiger partial charge >= 0.3 is 0 Å². The molecule has 1 aromatic carbocycles. The SMILES string of the molecule is Cc1cc(Cl)c(S(=O)(=O)N(C)C2CCOC2)cc1N. The summed E-state index contributed by atoms with van der Waals surface area (Å²) in [7, 11) is -2.11. The van der Waals surface area contributed by atoms with Crippen molar-refractivity contribution < 1.29 is 13.2 Å². The van der Waals surface area contributed by atoms with Crippen molar-refractivity contribution in [3.63, 3.8) is 0 Å². The van der Waals surface area contributed by atoms with Crippen molar-refractivity contribution in [1.29, 1.82) is 0 Å². The first kappa shape index (κ1) is 14.6. The van der Waals surface area contributed by atoms with Gasteiger partial charge in [0, 0.05) is 19.3 Å². The van der Waals surface area contributed by atoms with Gasteiger partial charge in [0.15, 0.2) is 0 Å². The van der Waals surface area contributed by atoms with E-state index in [4.69, 9.17) is 22.1 Å². The third-order valence-corrected chi connectivity index (χ3v) is 5.77. The van der Waals surface area contributed by atoms with E-state index >= 15 is 0 Å². The minimum absolute atomic E-state index is 0.0478. The van der Waals surface area contributed by atoms with Crippen LogP contribution in [-0.4, -0.2) is 39.0 Å². The Kier molecular flexibility index (Phi) is 4.06. The monoisotopic (exact) mass is 304 g/mol. The Bertz CT molecular complexity index is 583. The van der Waals surface area contributed by atoms with E-state index in [1.54, 1.807) is 20.0 Å². The molecule has 1 aliphatic heterocycles. The van der Waals surface area contributed by atoms with Gasteiger partial charge in [-0.1, -0.05) is 11.6 Å². The highest BCUT2D eigenvalue weighted by Gasteiger charge is 2.32. The lowest BCUT2D eigenvalue weighted by Crippen LogP contribution is -2.37. The van der Waals surface area contributed by atoms with Crippen molar-refractivity contribution in [2.45, 2.75) is 24.3 Å². The fraction of sp³-hybridized carbons (Fsp3) is 0.500. The number of hydrogen-bond donors (Lipinski definition) is 1. The van der Waals surface area contributed by atoms with Crippen LogP contribution in [0.3, 0.4) is 0 Å². The van der Waals surface area contributed by atoms with E-state index < -0.39 is 10.0 Å². The van der Waals surface area contributed by atoms with Crippen LogP contribution in [0.4, 0.5) is 5.69 Å². The lowest BCUT2D eigenvalue weighted by Gasteiger charge is -2.23. The summed E-state index contributed by atoms with van der Waals surface area (Å²) in [4.78, 5) is 0.0478. The second-order valence-electron chi connectivity index (χ2n) is 4.68. The Morgan fingerprint density at radius 3 is 2.74 bits per heavy atom. The summed E-state index contributed by atoms with van der Waals surface area (Å²) in [6.07, 6.45) is 0.689. The summed E-state index contributed by atoms with van der Waals surface area (Å²) in [5.74, 6) is 0. The number of nitrogens with two attached hydrogens (primary N) is 1. The lowest BCUT2D eigenvalue weighted by molar-refractivity contribution is 0.181. The normalized spacial score (nSPS) is 20.1. The first-order valence-corrected chi connectivity index (χ1v) is 7.77. The number of nitrogen functional groups attached to an aromatic ring is 1. The molecular weight excluding hydrogens is 288 g/mol. The molecular formula is C12H17ClN2O3S. The Morgan fingerprint density at radius 2 is 2.16 bits per heavy atom. The number of benzene rings is 1. The number of rotatable bonds is 3. The molecule has 1 atom stereocenters. The minimum Gasteiger partial charge on any atom is -0.398 e. The van der Waals surface area contributed by atoms with Gasteiger partial charge in [-0.25, -0.2) is 8.42 Å². The van der Waals surface area contributed by atoms with Gasteiger partial charge in [-0.2, -0.15) is 4.31 Å². The maximum absolute atomic E-state index is 12.5. The maximum Gasteiger partial charge on any atom is 0.244 e. The van der Waals surface area contributed by atoms with E-state index in [-0.39, 0.29) is 16.0 Å². The van der Waals surface area contributed by atoms with Gasteiger partial charge in [0.25, 0.3) is 0 Å². The predicted molar refractivity (Wildman–Crippen MR) is 74.8 cm³/mol. The van der Waals surface area contributed by atoms with Crippen molar-refractivity contribution >= 4 is 27.3 Å². The topological polar surface area (TPSA) is 72.6 Å². The van der Waals surface area contributed by atoms with Gasteiger partial charge in [0.05, 0.1) is 17.7 Å². The standard InChI is InChI=1S/C12H17ClN2O3S/c1-8-5-10(13)12(6-11(8)14)19(16,17)15(2)9-3-4-18-7-9/h5-6,9H,3-4,7,14H2,1-2H3. The zero-order valence-electron chi connectivity index (χ0n) is 10.9. The van der Waals surface area contributed by atoms with Gasteiger partial charge in [-0.3, -0.25) is 0 Å². The Morgan fingerprint density at radius 1 is 1.47 bits per heavy atom. The molecule has 0 spiro atoms. The summed E-state index contributed by atoms with van der Waals surface area (Å²) in [5.41, 5.74) is 6.95. The second kappa shape index (κ2) is 5.28. The zero-order chi connectivity index (χ0) is 14.2. The largest absolute Gasteiger partial charge is 0.398 e. The average Bonchev–Trinajstić information content (AvgIpc) is 2.86. The third kappa shape index (κ3) is 2.72. The first-order valence-electron chi connectivity index (χ1n) is 5.95. The number of aryl methyl sites for hydroxylation is 1. The third-order valence-electron chi connectivity index (χ3n) is 3.40. The quantitative estimate of drug-likeness (QED) is 0.862. The fourth-order valence-electron chi connectivity index (χ4n) is 2.03. The predicted octanol–water partition coefficient (Wildman–Crippen LogP) is 1.64. The highest BCUT2D eigenvalue weighted by Crippen LogP contribution is 2.30. The van der Waals surface area contributed by atoms with Gasteiger partial charge < -0.3 is 10.5 Å². The summed E-state index contributed by atoms with van der Waals surface area (Å²) >= 11 is 6.04. The Labute approximate surface area is 118 Å². The van der Waals surface area contributed by atoms with E-state index in [2.05, 4.69) is 0 Å². The molecule has 2 rings (SSSR count). The molecule has 1 aliphatic rings. The van der Waals surface area contributed by atoms with Gasteiger partial charge in [0.1, 0.15) is 4.90 Å². The fourth-order valence-corrected chi connectivity index (χ4v) is 3.99. The van der Waals surface area contributed by atoms with Crippen LogP contribution in [0.15, 0.2) is 17.0 Å². The van der Waals surface area contributed by atoms with Crippen LogP contribution in [0, 0.1) is 6.92 Å². The van der Waals surface area contributed by atoms with Crippen LogP contribution < -0.4 is 5.73 Å². The van der Waals surface area contributed by atoms with Crippen LogP contribution in [0.1, 0.15) is 12.0 Å². The highest BCUT2D eigenvalue weighted by molar-refractivity contribution is 7.89. The van der Waals surface area contributed by atoms with Crippen LogP contribution in [0.2, 0.25) is 5.02 Å². The number of nitrogens with zero attached hydrogens (tertiary/aromatic N) is 1. The number of likely N-dealkylation sites (N-methyl/N-ethyl adjacent to an activating group) is 1. The smallest absolute Gasteiger partial charge is 0.244 e. The first-order chi connectivity index (χ1) is 8.84. The molecule has 0 amide bonds. The van der Waals surface area contributed by atoms with Crippen molar-refractivity contribution in [1.82, 2.24) is 4.31 Å². The minimum atomic E-state index is -3.65. The molecule has 0 saturated carbocycles. The van der Waals surface area contributed by atoms with Crippen molar-refractivity contribution in [2.75, 3.05) is 26.0 Å². The van der Waals surface area contributed by atoms with E-state index in [1.807, 2.05) is 0 Å². The molecule has 0 aromatic heterocycles. The van der Waals surface area contributed by atoms with Gasteiger partial charge in [-0.05, 0) is 31.0 Å². The average molecular weight is 305 g/mol. The van der Waals surface area contributed by atoms with Crippen molar-refractivity contribution in [3.05, 3.63) is 22.7 Å². The maximum atomic E-state index is 12.5. The van der Waals surface area contributed by atoms with Crippen LogP contribution in [-0.2, 0) is 14.8 Å². The second-order valence-corrected chi connectivity index (χ2v) is 7.05. The summed E-state index contributed by atoms with van der Waals surface area (Å²) in [5, 5.41) is 0.192. The van der Waals surface area contributed by atoms with E-state index in [9.17, 15) is 8.42 Å². The molecule has 2 N–H and O–H groups in total. The van der Waals surface area contributed by atoms with Crippen molar-refractivity contribution in [2.24, 2.45) is 0 Å². The molecule has 106 valence electrons. The zero-order valence-corrected chi connectivity index (χ0v) is 12.5. The van der Waals surface area contributed by atoms with E-state index in [1.165, 1.54) is 10.4 Å². The van der Waals surface area contributed by atoms with E-state index in [0.717, 1.165) is 5.56 Å². The van der Waals surface area contributed by atoms with Crippen LogP contribution in [0.5, 0.6) is 0 Å². The molecule has 1 saturated heterocycles. The molecule has 0 bridgehead atoms. The van der Waals surface area contributed by atoms with Crippen LogP contribution in [0.25, 0.3) is 0 Å². The summed E-state index contributed by atoms with van der Waals surface area (Å²) in [6, 6.07) is 2.84. The number of halogens is 1. The van der Waals surface area contributed by atoms with E-state index in [0.29, 0.717) is 25.3 Å². The molecule has 1 heterocycles. The summed E-state index contributed by atoms with van der Waals surface area (Å²) < 4.78 is 31.6. The number of ether oxygens (including phenoxy) is 1. The van der Waals surface area contributed by atoms with Crippen LogP contribution >= 0.6 is 11.6 Å². The molecule has 1 fully saturated rings. The highest BCUT2D eigenvalue weighted by atomic mass is 35.5. The number of anilines is 1. The molecule has 1 aromatic rings. The Balaban J connectivity index is 2.41. The molecule has 5 nitrogen and oxygen atoms in total. The number of hydrogen-bond acceptors (Lipinski definition) is 4. The van der Waals surface area contributed by atoms with Crippen molar-refractivity contribution in [3.8, 4) is 0 Å². The molecule has 0 aliphatic carbocycles.